The third-order valence-corrected chi connectivity index (χ3v) is 2.60. The van der Waals surface area contributed by atoms with E-state index in [9.17, 15) is 0 Å². The fraction of sp³-hybridized carbons (Fsp3) is 0.875. The lowest BCUT2D eigenvalue weighted by atomic mass is 10.3. The largest absolute Gasteiger partial charge is 0.327 e. The second-order valence-electron chi connectivity index (χ2n) is 3.82. The smallest absolute Gasteiger partial charge is 0.115 e. The van der Waals surface area contributed by atoms with E-state index in [4.69, 9.17) is 23.2 Å². The number of rotatable bonds is 4. The summed E-state index contributed by atoms with van der Waals surface area (Å²) in [6, 6.07) is 0.460. The fourth-order valence-electron chi connectivity index (χ4n) is 0.518. The van der Waals surface area contributed by atoms with Crippen LogP contribution in [0.1, 0.15) is 6.92 Å². The van der Waals surface area contributed by atoms with Crippen LogP contribution in [0.15, 0.2) is 4.99 Å². The SMILES string of the molecule is CC(CN=C(Cl)CCl)[N+](C)(C)C. The third-order valence-electron chi connectivity index (χ3n) is 1.96. The molecule has 0 spiro atoms. The molecule has 0 radical (unpaired) electrons. The van der Waals surface area contributed by atoms with E-state index in [1.54, 1.807) is 0 Å². The number of hydrogen-bond acceptors (Lipinski definition) is 1. The van der Waals surface area contributed by atoms with Gasteiger partial charge in [-0.15, -0.1) is 11.6 Å². The Morgan fingerprint density at radius 2 is 1.92 bits per heavy atom. The minimum Gasteiger partial charge on any atom is -0.327 e. The van der Waals surface area contributed by atoms with Crippen LogP contribution in [0.3, 0.4) is 0 Å². The molecule has 12 heavy (non-hydrogen) atoms. The summed E-state index contributed by atoms with van der Waals surface area (Å²) in [6.45, 7) is 2.87. The Hall–Kier alpha value is 0.210. The van der Waals surface area contributed by atoms with Crippen LogP contribution in [0, 0.1) is 0 Å². The second kappa shape index (κ2) is 5.05. The van der Waals surface area contributed by atoms with Gasteiger partial charge in [0.05, 0.1) is 33.6 Å². The Bertz CT molecular complexity index is 161. The van der Waals surface area contributed by atoms with E-state index in [0.717, 1.165) is 11.0 Å². The molecule has 4 heteroatoms. The quantitative estimate of drug-likeness (QED) is 0.383. The predicted octanol–water partition coefficient (Wildman–Crippen LogP) is 1.96. The summed E-state index contributed by atoms with van der Waals surface area (Å²) >= 11 is 11.2. The molecule has 0 rings (SSSR count). The molecule has 0 saturated carbocycles. The average Bonchev–Trinajstić information content (AvgIpc) is 1.97. The van der Waals surface area contributed by atoms with E-state index in [2.05, 4.69) is 33.1 Å². The molecule has 0 bridgehead atoms. The van der Waals surface area contributed by atoms with Crippen LogP contribution >= 0.6 is 23.2 Å². The lowest BCUT2D eigenvalue weighted by Gasteiger charge is -2.30. The first-order chi connectivity index (χ1) is 5.38. The van der Waals surface area contributed by atoms with Crippen molar-refractivity contribution in [3.8, 4) is 0 Å². The Labute approximate surface area is 84.8 Å². The number of aliphatic imine (C=N–C) groups is 1. The van der Waals surface area contributed by atoms with Crippen LogP contribution in [0.25, 0.3) is 0 Å². The molecule has 1 unspecified atom stereocenters. The first-order valence-electron chi connectivity index (χ1n) is 3.94. The zero-order chi connectivity index (χ0) is 9.78. The minimum absolute atomic E-state index is 0.311. The number of halogens is 2. The molecule has 0 amide bonds. The van der Waals surface area contributed by atoms with Crippen molar-refractivity contribution >= 4 is 28.4 Å². The molecule has 72 valence electrons. The summed E-state index contributed by atoms with van der Waals surface area (Å²) < 4.78 is 0.885. The lowest BCUT2D eigenvalue weighted by Crippen LogP contribution is -2.45. The molecular weight excluding hydrogens is 195 g/mol. The summed E-state index contributed by atoms with van der Waals surface area (Å²) in [7, 11) is 6.40. The van der Waals surface area contributed by atoms with Gasteiger partial charge in [-0.3, -0.25) is 4.99 Å². The van der Waals surface area contributed by atoms with E-state index < -0.39 is 0 Å². The summed E-state index contributed by atoms with van der Waals surface area (Å²) in [5, 5.41) is 0.497. The lowest BCUT2D eigenvalue weighted by molar-refractivity contribution is -0.892. The molecule has 0 aliphatic carbocycles. The van der Waals surface area contributed by atoms with Crippen molar-refractivity contribution in [2.24, 2.45) is 4.99 Å². The van der Waals surface area contributed by atoms with E-state index in [1.807, 2.05) is 0 Å². The van der Waals surface area contributed by atoms with E-state index in [0.29, 0.717) is 17.1 Å². The Kier molecular flexibility index (Phi) is 5.14. The minimum atomic E-state index is 0.311. The van der Waals surface area contributed by atoms with Crippen molar-refractivity contribution in [1.29, 1.82) is 0 Å². The van der Waals surface area contributed by atoms with Crippen molar-refractivity contribution in [2.45, 2.75) is 13.0 Å². The van der Waals surface area contributed by atoms with E-state index >= 15 is 0 Å². The highest BCUT2D eigenvalue weighted by Gasteiger charge is 2.17. The van der Waals surface area contributed by atoms with E-state index in [1.165, 1.54) is 0 Å². The van der Waals surface area contributed by atoms with Crippen LogP contribution < -0.4 is 0 Å². The first-order valence-corrected chi connectivity index (χ1v) is 4.85. The molecule has 0 heterocycles. The summed E-state index contributed by atoms with van der Waals surface area (Å²) in [4.78, 5) is 4.14. The molecule has 0 saturated heterocycles. The average molecular weight is 212 g/mol. The predicted molar refractivity (Wildman–Crippen MR) is 56.4 cm³/mol. The summed E-state index contributed by atoms with van der Waals surface area (Å²) in [6.07, 6.45) is 0. The summed E-state index contributed by atoms with van der Waals surface area (Å²) in [5.41, 5.74) is 0. The van der Waals surface area contributed by atoms with E-state index in [-0.39, 0.29) is 0 Å². The Morgan fingerprint density at radius 1 is 1.42 bits per heavy atom. The van der Waals surface area contributed by atoms with Gasteiger partial charge in [-0.05, 0) is 6.92 Å². The van der Waals surface area contributed by atoms with Crippen LogP contribution in [0.5, 0.6) is 0 Å². The number of hydrogen-bond donors (Lipinski definition) is 0. The molecule has 0 aliphatic heterocycles. The van der Waals surface area contributed by atoms with Crippen molar-refractivity contribution < 1.29 is 4.48 Å². The normalized spacial score (nSPS) is 16.3. The Morgan fingerprint density at radius 3 is 2.25 bits per heavy atom. The van der Waals surface area contributed by atoms with Crippen molar-refractivity contribution in [3.63, 3.8) is 0 Å². The van der Waals surface area contributed by atoms with Gasteiger partial charge in [-0.2, -0.15) is 0 Å². The van der Waals surface area contributed by atoms with Gasteiger partial charge in [0, 0.05) is 0 Å². The number of nitrogens with zero attached hydrogens (tertiary/aromatic N) is 2. The zero-order valence-corrected chi connectivity index (χ0v) is 9.65. The highest BCUT2D eigenvalue weighted by Crippen LogP contribution is 2.03. The Balaban J connectivity index is 3.94. The molecule has 0 aliphatic rings. The number of likely N-dealkylation sites (N-methyl/N-ethyl adjacent to an activating group) is 1. The monoisotopic (exact) mass is 211 g/mol. The number of alkyl halides is 1. The van der Waals surface area contributed by atoms with Gasteiger partial charge in [-0.25, -0.2) is 0 Å². The van der Waals surface area contributed by atoms with Crippen LogP contribution in [-0.4, -0.2) is 49.3 Å². The van der Waals surface area contributed by atoms with Gasteiger partial charge in [0.1, 0.15) is 11.2 Å². The highest BCUT2D eigenvalue weighted by atomic mass is 35.5. The second-order valence-corrected chi connectivity index (χ2v) is 4.52. The molecule has 0 aromatic rings. The first kappa shape index (κ1) is 12.2. The van der Waals surface area contributed by atoms with Gasteiger partial charge < -0.3 is 4.48 Å². The standard InChI is InChI=1S/C8H17Cl2N2/c1-7(12(2,3)4)6-11-8(10)5-9/h7H,5-6H2,1-4H3/q+1. The maximum Gasteiger partial charge on any atom is 0.115 e. The van der Waals surface area contributed by atoms with Crippen molar-refractivity contribution in [1.82, 2.24) is 0 Å². The van der Waals surface area contributed by atoms with Crippen LogP contribution in [0.2, 0.25) is 0 Å². The maximum atomic E-state index is 5.67. The molecule has 0 aromatic carbocycles. The molecule has 0 aromatic heterocycles. The topological polar surface area (TPSA) is 12.4 Å². The zero-order valence-electron chi connectivity index (χ0n) is 8.14. The van der Waals surface area contributed by atoms with Gasteiger partial charge in [0.2, 0.25) is 0 Å². The van der Waals surface area contributed by atoms with Crippen molar-refractivity contribution in [2.75, 3.05) is 33.6 Å². The van der Waals surface area contributed by atoms with Crippen LogP contribution in [-0.2, 0) is 0 Å². The molecule has 1 atom stereocenters. The third kappa shape index (κ3) is 4.96. The summed E-state index contributed by atoms with van der Waals surface area (Å²) in [5.74, 6) is 0.311. The molecule has 2 nitrogen and oxygen atoms in total. The van der Waals surface area contributed by atoms with Gasteiger partial charge in [-0.1, -0.05) is 11.6 Å². The molecular formula is C8H17Cl2N2+. The maximum absolute atomic E-state index is 5.67. The number of quaternary nitrogens is 1. The van der Waals surface area contributed by atoms with Gasteiger partial charge in [0.15, 0.2) is 0 Å². The fourth-order valence-corrected chi connectivity index (χ4v) is 0.672. The van der Waals surface area contributed by atoms with Crippen LogP contribution in [0.4, 0.5) is 0 Å². The highest BCUT2D eigenvalue weighted by molar-refractivity contribution is 6.69. The molecule has 0 fully saturated rings. The van der Waals surface area contributed by atoms with Gasteiger partial charge in [0.25, 0.3) is 0 Å². The molecule has 0 N–H and O–H groups in total. The van der Waals surface area contributed by atoms with Gasteiger partial charge >= 0.3 is 0 Å². The van der Waals surface area contributed by atoms with Crippen molar-refractivity contribution in [3.05, 3.63) is 0 Å².